The summed E-state index contributed by atoms with van der Waals surface area (Å²) in [5.74, 6) is 2.05. The van der Waals surface area contributed by atoms with Gasteiger partial charge in [0.2, 0.25) is 0 Å². The lowest BCUT2D eigenvalue weighted by Crippen LogP contribution is -2.43. The lowest BCUT2D eigenvalue weighted by Gasteiger charge is -2.50. The molecule has 0 aromatic heterocycles. The molecule has 3 aliphatic rings. The summed E-state index contributed by atoms with van der Waals surface area (Å²) in [6.07, 6.45) is 6.08. The van der Waals surface area contributed by atoms with Gasteiger partial charge in [-0.05, 0) is 85.0 Å². The lowest BCUT2D eigenvalue weighted by molar-refractivity contribution is -0.870. The van der Waals surface area contributed by atoms with Gasteiger partial charge >= 0.3 is 7.82 Å². The number of likely N-dealkylation sites (N-methyl/N-ethyl adjacent to an activating group) is 1. The molecule has 0 bridgehead atoms. The first-order chi connectivity index (χ1) is 14.0. The molecule has 0 radical (unpaired) electrons. The molecule has 168 valence electrons. The average molecular weight is 438 g/mol. The zero-order valence-electron chi connectivity index (χ0n) is 18.7. The van der Waals surface area contributed by atoms with Crippen LogP contribution in [0.5, 0.6) is 5.75 Å². The van der Waals surface area contributed by atoms with Crippen molar-refractivity contribution < 1.29 is 28.1 Å². The molecule has 7 heteroatoms. The standard InChI is InChI=1S/C23H36NO5P/c1-23-12-11-19-18-8-6-17(29-30(26,27)28-14-13-24(2,3)4)15-16(18)5-7-20(19)21(23)9-10-22(23)25/h6,8,15,19-22,25H,5,7,9-14H2,1-4H3/t19-,20-,21+,22+,23+/m1/s1. The molecule has 0 heterocycles. The number of aliphatic hydroxyl groups is 1. The van der Waals surface area contributed by atoms with Crippen molar-refractivity contribution in [3.63, 3.8) is 0 Å². The molecule has 1 aromatic carbocycles. The molecule has 0 aliphatic heterocycles. The van der Waals surface area contributed by atoms with E-state index in [4.69, 9.17) is 9.05 Å². The lowest BCUT2D eigenvalue weighted by atomic mass is 9.55. The predicted molar refractivity (Wildman–Crippen MR) is 114 cm³/mol. The predicted octanol–water partition coefficient (Wildman–Crippen LogP) is 3.47. The second kappa shape index (κ2) is 7.90. The minimum absolute atomic E-state index is 0.0695. The second-order valence-corrected chi connectivity index (χ2v) is 12.1. The SMILES string of the molecule is C[C@]12CC[C@@H]3c4ccc(OP(=O)([O-])OCC[N+](C)(C)C)cc4CC[C@H]3[C@@H]1CC[C@@H]2O. The number of hydrogen-bond acceptors (Lipinski definition) is 5. The van der Waals surface area contributed by atoms with Gasteiger partial charge in [0, 0.05) is 0 Å². The molecule has 0 saturated heterocycles. The molecule has 0 amide bonds. The summed E-state index contributed by atoms with van der Waals surface area (Å²) in [4.78, 5) is 12.2. The molecule has 6 atom stereocenters. The van der Waals surface area contributed by atoms with E-state index in [0.717, 1.165) is 38.5 Å². The summed E-state index contributed by atoms with van der Waals surface area (Å²) in [5, 5.41) is 10.5. The highest BCUT2D eigenvalue weighted by molar-refractivity contribution is 7.46. The maximum Gasteiger partial charge on any atom is 0.319 e. The number of phosphoric ester groups is 1. The Morgan fingerprint density at radius 1 is 1.23 bits per heavy atom. The third-order valence-electron chi connectivity index (χ3n) is 7.88. The van der Waals surface area contributed by atoms with E-state index in [1.165, 1.54) is 11.1 Å². The van der Waals surface area contributed by atoms with Gasteiger partial charge in [-0.2, -0.15) is 0 Å². The fourth-order valence-corrected chi connectivity index (χ4v) is 6.90. The van der Waals surface area contributed by atoms with Crippen molar-refractivity contribution in [3.05, 3.63) is 29.3 Å². The number of quaternary nitrogens is 1. The Labute approximate surface area is 180 Å². The van der Waals surface area contributed by atoms with Crippen LogP contribution in [0.1, 0.15) is 56.1 Å². The van der Waals surface area contributed by atoms with Gasteiger partial charge in [-0.3, -0.25) is 4.57 Å². The number of hydrogen-bond donors (Lipinski definition) is 1. The van der Waals surface area contributed by atoms with E-state index in [-0.39, 0.29) is 18.1 Å². The Kier molecular flexibility index (Phi) is 5.87. The molecular formula is C23H36NO5P. The zero-order valence-corrected chi connectivity index (χ0v) is 19.6. The fraction of sp³-hybridized carbons (Fsp3) is 0.739. The van der Waals surface area contributed by atoms with E-state index in [9.17, 15) is 14.6 Å². The topological polar surface area (TPSA) is 78.8 Å². The maximum atomic E-state index is 12.2. The molecule has 3 aliphatic carbocycles. The minimum atomic E-state index is -4.38. The first kappa shape index (κ1) is 22.3. The van der Waals surface area contributed by atoms with E-state index in [1.54, 1.807) is 6.07 Å². The normalized spacial score (nSPS) is 35.1. The van der Waals surface area contributed by atoms with E-state index in [2.05, 4.69) is 13.0 Å². The number of rotatable bonds is 6. The molecule has 30 heavy (non-hydrogen) atoms. The summed E-state index contributed by atoms with van der Waals surface area (Å²) in [7, 11) is 1.57. The Balaban J connectivity index is 1.45. The van der Waals surface area contributed by atoms with Crippen LogP contribution in [0.2, 0.25) is 0 Å². The number of nitrogens with zero attached hydrogens (tertiary/aromatic N) is 1. The largest absolute Gasteiger partial charge is 0.746 e. The highest BCUT2D eigenvalue weighted by Crippen LogP contribution is 2.61. The third-order valence-corrected chi connectivity index (χ3v) is 8.81. The van der Waals surface area contributed by atoms with Crippen LogP contribution < -0.4 is 9.42 Å². The van der Waals surface area contributed by atoms with E-state index in [1.807, 2.05) is 27.2 Å². The number of benzene rings is 1. The van der Waals surface area contributed by atoms with Crippen LogP contribution in [0.15, 0.2) is 18.2 Å². The van der Waals surface area contributed by atoms with Gasteiger partial charge in [-0.1, -0.05) is 13.0 Å². The van der Waals surface area contributed by atoms with Crippen LogP contribution in [0, 0.1) is 17.3 Å². The second-order valence-electron chi connectivity index (χ2n) is 10.8. The van der Waals surface area contributed by atoms with Gasteiger partial charge in [-0.15, -0.1) is 0 Å². The Morgan fingerprint density at radius 2 is 2.00 bits per heavy atom. The monoisotopic (exact) mass is 437 g/mol. The molecular weight excluding hydrogens is 401 g/mol. The number of aliphatic hydroxyl groups excluding tert-OH is 1. The quantitative estimate of drug-likeness (QED) is 0.545. The van der Waals surface area contributed by atoms with Gasteiger partial charge in [0.15, 0.2) is 0 Å². The maximum absolute atomic E-state index is 12.2. The summed E-state index contributed by atoms with van der Waals surface area (Å²) in [6, 6.07) is 5.71. The number of phosphoric acid groups is 1. The van der Waals surface area contributed by atoms with Crippen LogP contribution in [0.4, 0.5) is 0 Å². The minimum Gasteiger partial charge on any atom is -0.746 e. The van der Waals surface area contributed by atoms with E-state index < -0.39 is 7.82 Å². The number of fused-ring (bicyclic) bond motifs is 5. The highest BCUT2D eigenvalue weighted by Gasteiger charge is 2.54. The van der Waals surface area contributed by atoms with Gasteiger partial charge in [-0.25, -0.2) is 0 Å². The Bertz CT molecular complexity index is 837. The van der Waals surface area contributed by atoms with Crippen molar-refractivity contribution >= 4 is 7.82 Å². The van der Waals surface area contributed by atoms with Crippen molar-refractivity contribution in [3.8, 4) is 5.75 Å². The molecule has 0 spiro atoms. The van der Waals surface area contributed by atoms with Crippen LogP contribution in [0.3, 0.4) is 0 Å². The summed E-state index contributed by atoms with van der Waals surface area (Å²) >= 11 is 0. The molecule has 4 rings (SSSR count). The summed E-state index contributed by atoms with van der Waals surface area (Å²) < 4.78 is 23.2. The smallest absolute Gasteiger partial charge is 0.319 e. The van der Waals surface area contributed by atoms with Gasteiger partial charge < -0.3 is 23.5 Å². The third kappa shape index (κ3) is 4.35. The van der Waals surface area contributed by atoms with Crippen molar-refractivity contribution in [2.75, 3.05) is 34.3 Å². The Morgan fingerprint density at radius 3 is 2.73 bits per heavy atom. The van der Waals surface area contributed by atoms with Crippen molar-refractivity contribution in [1.82, 2.24) is 0 Å². The summed E-state index contributed by atoms with van der Waals surface area (Å²) in [5.41, 5.74) is 2.61. The molecule has 2 fully saturated rings. The molecule has 2 saturated carbocycles. The zero-order chi connectivity index (χ0) is 21.7. The first-order valence-corrected chi connectivity index (χ1v) is 12.7. The molecule has 1 N–H and O–H groups in total. The fourth-order valence-electron chi connectivity index (χ4n) is 6.17. The molecule has 1 aromatic rings. The van der Waals surface area contributed by atoms with Crippen molar-refractivity contribution in [2.45, 2.75) is 57.5 Å². The molecule has 1 unspecified atom stereocenters. The van der Waals surface area contributed by atoms with Crippen molar-refractivity contribution in [1.29, 1.82) is 0 Å². The van der Waals surface area contributed by atoms with E-state index in [0.29, 0.717) is 34.5 Å². The van der Waals surface area contributed by atoms with Gasteiger partial charge in [0.05, 0.1) is 27.2 Å². The first-order valence-electron chi connectivity index (χ1n) is 11.2. The van der Waals surface area contributed by atoms with Gasteiger partial charge in [0.25, 0.3) is 0 Å². The molecule has 6 nitrogen and oxygen atoms in total. The van der Waals surface area contributed by atoms with Gasteiger partial charge in [0.1, 0.15) is 18.9 Å². The van der Waals surface area contributed by atoms with Crippen molar-refractivity contribution in [2.24, 2.45) is 17.3 Å². The van der Waals surface area contributed by atoms with Crippen LogP contribution in [-0.4, -0.2) is 50.0 Å². The number of aryl methyl sites for hydroxylation is 1. The summed E-state index contributed by atoms with van der Waals surface area (Å²) in [6.45, 7) is 2.96. The average Bonchev–Trinajstić information content (AvgIpc) is 2.94. The van der Waals surface area contributed by atoms with Crippen LogP contribution in [-0.2, 0) is 15.5 Å². The van der Waals surface area contributed by atoms with Crippen LogP contribution in [0.25, 0.3) is 0 Å². The Hall–Kier alpha value is -0.910. The van der Waals surface area contributed by atoms with Crippen LogP contribution >= 0.6 is 7.82 Å². The van der Waals surface area contributed by atoms with E-state index >= 15 is 0 Å². The highest BCUT2D eigenvalue weighted by atomic mass is 31.2.